The third kappa shape index (κ3) is 5.20. The number of aromatic nitrogens is 1. The van der Waals surface area contributed by atoms with Gasteiger partial charge in [-0.15, -0.1) is 11.3 Å². The van der Waals surface area contributed by atoms with E-state index in [1.54, 1.807) is 35.6 Å². The number of phenols is 1. The first-order valence-electron chi connectivity index (χ1n) is 8.03. The zero-order valence-corrected chi connectivity index (χ0v) is 15.5. The second-order valence-electron chi connectivity index (χ2n) is 5.53. The highest BCUT2D eigenvalue weighted by molar-refractivity contribution is 7.12. The molecule has 26 heavy (non-hydrogen) atoms. The van der Waals surface area contributed by atoms with Gasteiger partial charge in [0.25, 0.3) is 0 Å². The molecule has 0 aliphatic carbocycles. The predicted molar refractivity (Wildman–Crippen MR) is 105 cm³/mol. The zero-order chi connectivity index (χ0) is 18.9. The molecule has 5 heteroatoms. The highest BCUT2D eigenvalue weighted by Crippen LogP contribution is 2.31. The second-order valence-corrected chi connectivity index (χ2v) is 6.56. The van der Waals surface area contributed by atoms with Gasteiger partial charge in [-0.05, 0) is 42.7 Å². The molecule has 4 nitrogen and oxygen atoms in total. The Balaban J connectivity index is 0.000000758. The van der Waals surface area contributed by atoms with Crippen molar-refractivity contribution in [1.82, 2.24) is 4.98 Å². The minimum atomic E-state index is 0.250. The van der Waals surface area contributed by atoms with Gasteiger partial charge in [0.15, 0.2) is 5.01 Å². The molecule has 0 aliphatic rings. The van der Waals surface area contributed by atoms with E-state index in [0.717, 1.165) is 16.3 Å². The van der Waals surface area contributed by atoms with Crippen molar-refractivity contribution in [2.75, 3.05) is 0 Å². The number of nitrogens with zero attached hydrogens (tertiary/aromatic N) is 1. The van der Waals surface area contributed by atoms with E-state index < -0.39 is 0 Å². The number of aromatic hydroxyl groups is 1. The smallest absolute Gasteiger partial charge is 0.204 e. The highest BCUT2D eigenvalue weighted by atomic mass is 32.1. The number of carbonyl (C=O) groups excluding carboxylic acids is 1. The van der Waals surface area contributed by atoms with Crippen LogP contribution in [0.15, 0.2) is 54.6 Å². The summed E-state index contributed by atoms with van der Waals surface area (Å²) in [4.78, 5) is 14.4. The first-order valence-corrected chi connectivity index (χ1v) is 8.85. The maximum atomic E-state index is 9.29. The van der Waals surface area contributed by atoms with Crippen LogP contribution in [0, 0.1) is 18.8 Å². The minimum Gasteiger partial charge on any atom is -0.508 e. The molecule has 3 rings (SSSR count). The average Bonchev–Trinajstić information content (AvgIpc) is 3.03. The lowest BCUT2D eigenvalue weighted by atomic mass is 9.99. The summed E-state index contributed by atoms with van der Waals surface area (Å²) in [6.45, 7) is 4.24. The maximum Gasteiger partial charge on any atom is 0.204 e. The largest absolute Gasteiger partial charge is 0.508 e. The van der Waals surface area contributed by atoms with E-state index in [0.29, 0.717) is 5.92 Å². The van der Waals surface area contributed by atoms with E-state index >= 15 is 0 Å². The van der Waals surface area contributed by atoms with Crippen LogP contribution in [-0.4, -0.2) is 16.5 Å². The number of rotatable bonds is 2. The van der Waals surface area contributed by atoms with Gasteiger partial charge in [0.05, 0.1) is 5.69 Å². The molecule has 0 saturated heterocycles. The Morgan fingerprint density at radius 3 is 2.35 bits per heavy atom. The van der Waals surface area contributed by atoms with Crippen molar-refractivity contribution in [3.8, 4) is 17.6 Å². The summed E-state index contributed by atoms with van der Waals surface area (Å²) in [5.74, 6) is 6.79. The highest BCUT2D eigenvalue weighted by Gasteiger charge is 2.15. The molecule has 0 radical (unpaired) electrons. The molecule has 132 valence electrons. The lowest BCUT2D eigenvalue weighted by Gasteiger charge is -2.09. The molecule has 1 heterocycles. The minimum absolute atomic E-state index is 0.250. The summed E-state index contributed by atoms with van der Waals surface area (Å²) in [5.41, 5.74) is 7.37. The van der Waals surface area contributed by atoms with Crippen molar-refractivity contribution >= 4 is 17.7 Å². The fourth-order valence-corrected chi connectivity index (χ4v) is 3.43. The van der Waals surface area contributed by atoms with Crippen molar-refractivity contribution in [2.45, 2.75) is 19.8 Å². The van der Waals surface area contributed by atoms with Gasteiger partial charge in [0, 0.05) is 16.4 Å². The maximum absolute atomic E-state index is 9.29. The number of aryl methyl sites for hydroxylation is 1. The molecule has 2 aromatic carbocycles. The molecule has 1 atom stereocenters. The topological polar surface area (TPSA) is 76.2 Å². The molecular weight excluding hydrogens is 344 g/mol. The zero-order valence-electron chi connectivity index (χ0n) is 14.6. The van der Waals surface area contributed by atoms with Crippen molar-refractivity contribution in [3.05, 3.63) is 81.3 Å². The number of benzene rings is 2. The molecule has 0 bridgehead atoms. The number of amides is 1. The molecule has 0 saturated carbocycles. The second kappa shape index (κ2) is 9.40. The SMILES string of the molecule is Cc1nc(C#Cc2ccc(O)cc2)sc1[C@@H](C)c1ccccc1.NC=O. The van der Waals surface area contributed by atoms with E-state index in [1.807, 2.05) is 13.0 Å². The van der Waals surface area contributed by atoms with Gasteiger partial charge in [-0.1, -0.05) is 43.2 Å². The number of thiazole rings is 1. The van der Waals surface area contributed by atoms with Gasteiger partial charge in [-0.3, -0.25) is 4.79 Å². The number of nitrogens with two attached hydrogens (primary N) is 1. The molecule has 1 aromatic heterocycles. The van der Waals surface area contributed by atoms with Crippen LogP contribution in [0.4, 0.5) is 0 Å². The first kappa shape index (κ1) is 19.2. The molecular formula is C21H20N2O2S. The van der Waals surface area contributed by atoms with Crippen LogP contribution in [0.2, 0.25) is 0 Å². The predicted octanol–water partition coefficient (Wildman–Crippen LogP) is 3.81. The summed E-state index contributed by atoms with van der Waals surface area (Å²) in [7, 11) is 0. The summed E-state index contributed by atoms with van der Waals surface area (Å²) >= 11 is 1.65. The van der Waals surface area contributed by atoms with Gasteiger partial charge in [0.2, 0.25) is 6.41 Å². The average molecular weight is 364 g/mol. The summed E-state index contributed by atoms with van der Waals surface area (Å²) in [6.07, 6.45) is 0.250. The van der Waals surface area contributed by atoms with Gasteiger partial charge in [-0.25, -0.2) is 4.98 Å². The monoisotopic (exact) mass is 364 g/mol. The van der Waals surface area contributed by atoms with Crippen LogP contribution in [0.3, 0.4) is 0 Å². The van der Waals surface area contributed by atoms with Gasteiger partial charge >= 0.3 is 0 Å². The quantitative estimate of drug-likeness (QED) is 0.536. The molecule has 0 unspecified atom stereocenters. The van der Waals surface area contributed by atoms with Crippen LogP contribution in [0.5, 0.6) is 5.75 Å². The summed E-state index contributed by atoms with van der Waals surface area (Å²) in [6, 6.07) is 17.3. The number of primary amides is 1. The lowest BCUT2D eigenvalue weighted by Crippen LogP contribution is -1.94. The fourth-order valence-electron chi connectivity index (χ4n) is 2.43. The molecule has 0 spiro atoms. The molecule has 3 N–H and O–H groups in total. The summed E-state index contributed by atoms with van der Waals surface area (Å²) < 4.78 is 0. The molecule has 0 aliphatic heterocycles. The van der Waals surface area contributed by atoms with Crippen LogP contribution >= 0.6 is 11.3 Å². The lowest BCUT2D eigenvalue weighted by molar-refractivity contribution is -0.106. The number of carbonyl (C=O) groups is 1. The van der Waals surface area contributed by atoms with E-state index in [9.17, 15) is 5.11 Å². The molecule has 1 amide bonds. The fraction of sp³-hybridized carbons (Fsp3) is 0.143. The van der Waals surface area contributed by atoms with Crippen molar-refractivity contribution < 1.29 is 9.90 Å². The van der Waals surface area contributed by atoms with Gasteiger partial charge < -0.3 is 10.8 Å². The van der Waals surface area contributed by atoms with Gasteiger partial charge in [-0.2, -0.15) is 0 Å². The van der Waals surface area contributed by atoms with Crippen molar-refractivity contribution in [1.29, 1.82) is 0 Å². The van der Waals surface area contributed by atoms with E-state index in [-0.39, 0.29) is 12.2 Å². The number of hydrogen-bond acceptors (Lipinski definition) is 4. The van der Waals surface area contributed by atoms with Crippen LogP contribution < -0.4 is 5.73 Å². The Hall–Kier alpha value is -3.10. The van der Waals surface area contributed by atoms with Crippen molar-refractivity contribution in [2.24, 2.45) is 5.73 Å². The Morgan fingerprint density at radius 2 is 1.73 bits per heavy atom. The van der Waals surface area contributed by atoms with Gasteiger partial charge in [0.1, 0.15) is 5.75 Å². The Morgan fingerprint density at radius 1 is 1.12 bits per heavy atom. The third-order valence-corrected chi connectivity index (χ3v) is 4.96. The Kier molecular flexibility index (Phi) is 6.95. The Labute approximate surface area is 157 Å². The molecule has 0 fully saturated rings. The number of hydrogen-bond donors (Lipinski definition) is 2. The van der Waals surface area contributed by atoms with E-state index in [1.165, 1.54) is 10.4 Å². The first-order chi connectivity index (χ1) is 12.5. The van der Waals surface area contributed by atoms with Crippen molar-refractivity contribution in [3.63, 3.8) is 0 Å². The van der Waals surface area contributed by atoms with Crippen LogP contribution in [0.25, 0.3) is 0 Å². The Bertz CT molecular complexity index is 907. The van der Waals surface area contributed by atoms with Crippen LogP contribution in [0.1, 0.15) is 39.5 Å². The molecule has 3 aromatic rings. The third-order valence-electron chi connectivity index (χ3n) is 3.71. The van der Waals surface area contributed by atoms with E-state index in [2.05, 4.69) is 53.7 Å². The normalized spacial score (nSPS) is 10.7. The summed E-state index contributed by atoms with van der Waals surface area (Å²) in [5, 5.41) is 10.1. The standard InChI is InChI=1S/C20H17NOS.CH3NO/c1-14(17-6-4-3-5-7-17)20-15(2)21-19(23-20)13-10-16-8-11-18(22)12-9-16;2-1-3/h3-9,11-12,14,22H,1-2H3;1H,(H2,2,3)/t14-;/m0./s1. The number of phenolic OH excluding ortho intramolecular Hbond substituents is 1. The van der Waals surface area contributed by atoms with E-state index in [4.69, 9.17) is 4.79 Å². The van der Waals surface area contributed by atoms with Crippen LogP contribution in [-0.2, 0) is 4.79 Å².